The Bertz CT molecular complexity index is 1800. The summed E-state index contributed by atoms with van der Waals surface area (Å²) in [7, 11) is 0. The number of rotatable bonds is 3. The largest absolute Gasteiger partial charge is 0.256 e. The molecule has 35 heavy (non-hydrogen) atoms. The summed E-state index contributed by atoms with van der Waals surface area (Å²) in [6, 6.07) is 41.8. The van der Waals surface area contributed by atoms with Crippen molar-refractivity contribution >= 4 is 32.3 Å². The van der Waals surface area contributed by atoms with Crippen molar-refractivity contribution in [3.05, 3.63) is 127 Å². The van der Waals surface area contributed by atoms with Crippen LogP contribution in [0.5, 0.6) is 0 Å². The van der Waals surface area contributed by atoms with Gasteiger partial charge in [-0.25, -0.2) is 0 Å². The monoisotopic (exact) mass is 445 g/mol. The predicted molar refractivity (Wildman–Crippen MR) is 149 cm³/mol. The second-order valence-electron chi connectivity index (χ2n) is 9.32. The quantitative estimate of drug-likeness (QED) is 0.247. The van der Waals surface area contributed by atoms with Crippen molar-refractivity contribution in [1.29, 1.82) is 0 Å². The highest BCUT2D eigenvalue weighted by atomic mass is 14.7. The molecule has 7 aromatic rings. The van der Waals surface area contributed by atoms with E-state index in [0.29, 0.717) is 0 Å². The zero-order chi connectivity index (χ0) is 23.4. The minimum atomic E-state index is 0.995. The first-order chi connectivity index (χ1) is 17.3. The van der Waals surface area contributed by atoms with Gasteiger partial charge in [0, 0.05) is 11.8 Å². The number of pyridine rings is 1. The fourth-order valence-electron chi connectivity index (χ4n) is 5.52. The van der Waals surface area contributed by atoms with Crippen LogP contribution < -0.4 is 0 Å². The van der Waals surface area contributed by atoms with Crippen molar-refractivity contribution < 1.29 is 0 Å². The Hall–Kier alpha value is -4.49. The van der Waals surface area contributed by atoms with E-state index < -0.39 is 0 Å². The molecule has 6 aromatic carbocycles. The SMILES string of the molecule is Cc1cc2ccc3c(-c4ccccc4)cc(-c4ccc(-c5ccccn5)cc4)c4ccc(c1)c2c34. The Labute approximate surface area is 204 Å². The van der Waals surface area contributed by atoms with E-state index in [1.807, 2.05) is 18.3 Å². The topological polar surface area (TPSA) is 12.9 Å². The van der Waals surface area contributed by atoms with E-state index in [2.05, 4.69) is 115 Å². The van der Waals surface area contributed by atoms with Gasteiger partial charge in [-0.1, -0.05) is 97.1 Å². The van der Waals surface area contributed by atoms with E-state index in [0.717, 1.165) is 11.3 Å². The molecular formula is C34H23N. The molecule has 0 aliphatic rings. The molecule has 0 unspecified atom stereocenters. The zero-order valence-corrected chi connectivity index (χ0v) is 19.5. The van der Waals surface area contributed by atoms with Crippen molar-refractivity contribution in [1.82, 2.24) is 4.98 Å². The van der Waals surface area contributed by atoms with E-state index >= 15 is 0 Å². The van der Waals surface area contributed by atoms with Crippen LogP contribution in [-0.4, -0.2) is 4.98 Å². The Balaban J connectivity index is 1.55. The summed E-state index contributed by atoms with van der Waals surface area (Å²) in [6.07, 6.45) is 1.85. The third kappa shape index (κ3) is 3.20. The van der Waals surface area contributed by atoms with E-state index in [4.69, 9.17) is 0 Å². The molecular weight excluding hydrogens is 422 g/mol. The maximum Gasteiger partial charge on any atom is 0.0701 e. The third-order valence-corrected chi connectivity index (χ3v) is 7.10. The maximum atomic E-state index is 4.52. The van der Waals surface area contributed by atoms with E-state index in [-0.39, 0.29) is 0 Å². The molecule has 1 heteroatoms. The summed E-state index contributed by atoms with van der Waals surface area (Å²) in [5, 5.41) is 7.92. The van der Waals surface area contributed by atoms with Gasteiger partial charge in [0.1, 0.15) is 0 Å². The molecule has 0 bridgehead atoms. The van der Waals surface area contributed by atoms with Crippen LogP contribution in [0.4, 0.5) is 0 Å². The Morgan fingerprint density at radius 3 is 1.71 bits per heavy atom. The molecule has 0 spiro atoms. The summed E-state index contributed by atoms with van der Waals surface area (Å²) < 4.78 is 0. The first-order valence-electron chi connectivity index (χ1n) is 12.1. The average Bonchev–Trinajstić information content (AvgIpc) is 2.92. The molecule has 1 nitrogen and oxygen atoms in total. The van der Waals surface area contributed by atoms with E-state index in [1.54, 1.807) is 0 Å². The van der Waals surface area contributed by atoms with Crippen LogP contribution in [0.25, 0.3) is 65.8 Å². The van der Waals surface area contributed by atoms with Gasteiger partial charge in [0.2, 0.25) is 0 Å². The van der Waals surface area contributed by atoms with E-state index in [9.17, 15) is 0 Å². The normalized spacial score (nSPS) is 11.6. The lowest BCUT2D eigenvalue weighted by atomic mass is 9.85. The lowest BCUT2D eigenvalue weighted by molar-refractivity contribution is 1.33. The lowest BCUT2D eigenvalue weighted by Gasteiger charge is -2.18. The van der Waals surface area contributed by atoms with Crippen LogP contribution in [-0.2, 0) is 0 Å². The molecule has 164 valence electrons. The predicted octanol–water partition coefficient (Wildman–Crippen LogP) is 9.29. The van der Waals surface area contributed by atoms with Crippen LogP contribution in [0.1, 0.15) is 5.56 Å². The zero-order valence-electron chi connectivity index (χ0n) is 19.5. The molecule has 0 atom stereocenters. The number of benzene rings is 6. The van der Waals surface area contributed by atoms with Gasteiger partial charge >= 0.3 is 0 Å². The lowest BCUT2D eigenvalue weighted by Crippen LogP contribution is -1.91. The molecule has 0 saturated carbocycles. The molecule has 1 aromatic heterocycles. The standard InChI is InChI=1S/C34H23N/c1-22-19-26-14-16-28-30(23-7-3-2-4-8-23)21-31(29-17-15-27(20-22)33(26)34(28)29)24-10-12-25(13-11-24)32-9-5-6-18-35-32/h2-21H,1H3. The van der Waals surface area contributed by atoms with Gasteiger partial charge in [-0.05, 0) is 85.3 Å². The smallest absolute Gasteiger partial charge is 0.0701 e. The van der Waals surface area contributed by atoms with Crippen LogP contribution >= 0.6 is 0 Å². The summed E-state index contributed by atoms with van der Waals surface area (Å²) in [6.45, 7) is 2.18. The van der Waals surface area contributed by atoms with Crippen molar-refractivity contribution in [3.63, 3.8) is 0 Å². The van der Waals surface area contributed by atoms with Gasteiger partial charge in [-0.3, -0.25) is 4.98 Å². The molecule has 0 fully saturated rings. The minimum Gasteiger partial charge on any atom is -0.256 e. The number of nitrogens with zero attached hydrogens (tertiary/aromatic N) is 1. The number of hydrogen-bond donors (Lipinski definition) is 0. The fraction of sp³-hybridized carbons (Fsp3) is 0.0294. The van der Waals surface area contributed by atoms with Crippen LogP contribution in [0.15, 0.2) is 121 Å². The fourth-order valence-corrected chi connectivity index (χ4v) is 5.52. The van der Waals surface area contributed by atoms with Gasteiger partial charge in [0.15, 0.2) is 0 Å². The average molecular weight is 446 g/mol. The highest BCUT2D eigenvalue weighted by molar-refractivity contribution is 6.28. The maximum absolute atomic E-state index is 4.52. The molecule has 0 N–H and O–H groups in total. The molecule has 0 aliphatic carbocycles. The van der Waals surface area contributed by atoms with Gasteiger partial charge in [0.05, 0.1) is 5.69 Å². The molecule has 0 amide bonds. The summed E-state index contributed by atoms with van der Waals surface area (Å²) in [4.78, 5) is 4.52. The van der Waals surface area contributed by atoms with Gasteiger partial charge in [0.25, 0.3) is 0 Å². The van der Waals surface area contributed by atoms with Gasteiger partial charge in [-0.15, -0.1) is 0 Å². The highest BCUT2D eigenvalue weighted by Gasteiger charge is 2.17. The van der Waals surface area contributed by atoms with Crippen molar-refractivity contribution in [2.75, 3.05) is 0 Å². The molecule has 0 aliphatic heterocycles. The van der Waals surface area contributed by atoms with Crippen molar-refractivity contribution in [2.45, 2.75) is 6.92 Å². The minimum absolute atomic E-state index is 0.995. The Kier molecular flexibility index (Phi) is 4.43. The molecule has 1 heterocycles. The number of aryl methyl sites for hydroxylation is 1. The van der Waals surface area contributed by atoms with Crippen molar-refractivity contribution in [3.8, 4) is 33.5 Å². The number of aromatic nitrogens is 1. The van der Waals surface area contributed by atoms with Crippen LogP contribution in [0.3, 0.4) is 0 Å². The van der Waals surface area contributed by atoms with Gasteiger partial charge in [-0.2, -0.15) is 0 Å². The van der Waals surface area contributed by atoms with Crippen LogP contribution in [0, 0.1) is 6.92 Å². The summed E-state index contributed by atoms with van der Waals surface area (Å²) in [5.74, 6) is 0. The van der Waals surface area contributed by atoms with Gasteiger partial charge < -0.3 is 0 Å². The molecule has 7 rings (SSSR count). The Morgan fingerprint density at radius 2 is 1.09 bits per heavy atom. The number of hydrogen-bond acceptors (Lipinski definition) is 1. The Morgan fingerprint density at radius 1 is 0.486 bits per heavy atom. The first-order valence-corrected chi connectivity index (χ1v) is 12.1. The summed E-state index contributed by atoms with van der Waals surface area (Å²) in [5.41, 5.74) is 8.42. The van der Waals surface area contributed by atoms with Crippen LogP contribution in [0.2, 0.25) is 0 Å². The molecule has 0 radical (unpaired) electrons. The highest BCUT2D eigenvalue weighted by Crippen LogP contribution is 2.44. The second-order valence-corrected chi connectivity index (χ2v) is 9.32. The van der Waals surface area contributed by atoms with E-state index in [1.165, 1.54) is 60.1 Å². The summed E-state index contributed by atoms with van der Waals surface area (Å²) >= 11 is 0. The molecule has 0 saturated heterocycles. The second kappa shape index (κ2) is 7.78. The first kappa shape index (κ1) is 19.9. The third-order valence-electron chi connectivity index (χ3n) is 7.10. The van der Waals surface area contributed by atoms with Crippen molar-refractivity contribution in [2.24, 2.45) is 0 Å².